The topological polar surface area (TPSA) is 52.6 Å². The smallest absolute Gasteiger partial charge is 0.296 e. The van der Waals surface area contributed by atoms with Crippen molar-refractivity contribution in [1.82, 2.24) is 0 Å². The number of hydrogen-bond donors (Lipinski definition) is 0. The van der Waals surface area contributed by atoms with E-state index in [1.807, 2.05) is 13.8 Å². The number of hydrogen-bond acceptors (Lipinski definition) is 4. The first-order valence-electron chi connectivity index (χ1n) is 5.94. The molecule has 1 aromatic carbocycles. The summed E-state index contributed by atoms with van der Waals surface area (Å²) in [5, 5.41) is 0. The maximum atomic E-state index is 11.8. The average Bonchev–Trinajstić information content (AvgIpc) is 2.35. The second kappa shape index (κ2) is 6.87. The molecule has 0 N–H and O–H groups in total. The molecule has 0 saturated heterocycles. The van der Waals surface area contributed by atoms with Crippen molar-refractivity contribution < 1.29 is 17.3 Å². The summed E-state index contributed by atoms with van der Waals surface area (Å²) in [6.45, 7) is 4.03. The normalized spacial score (nSPS) is 13.5. The van der Waals surface area contributed by atoms with Gasteiger partial charge in [-0.3, -0.25) is 4.18 Å². The molecule has 0 heterocycles. The molecule has 0 spiro atoms. The predicted octanol–water partition coefficient (Wildman–Crippen LogP) is 2.52. The van der Waals surface area contributed by atoms with Crippen LogP contribution in [0.2, 0.25) is 0 Å². The Balaban J connectivity index is 2.48. The fourth-order valence-electron chi connectivity index (χ4n) is 1.43. The first-order chi connectivity index (χ1) is 8.45. The third kappa shape index (κ3) is 4.76. The van der Waals surface area contributed by atoms with Gasteiger partial charge in [0.2, 0.25) is 0 Å². The molecule has 102 valence electrons. The average molecular weight is 272 g/mol. The lowest BCUT2D eigenvalue weighted by Crippen LogP contribution is -2.10. The van der Waals surface area contributed by atoms with Gasteiger partial charge < -0.3 is 4.74 Å². The first-order valence-corrected chi connectivity index (χ1v) is 7.35. The van der Waals surface area contributed by atoms with Gasteiger partial charge in [-0.25, -0.2) is 0 Å². The maximum Gasteiger partial charge on any atom is 0.296 e. The van der Waals surface area contributed by atoms with Crippen molar-refractivity contribution in [1.29, 1.82) is 0 Å². The van der Waals surface area contributed by atoms with Gasteiger partial charge in [-0.05, 0) is 38.8 Å². The van der Waals surface area contributed by atoms with E-state index in [0.29, 0.717) is 6.42 Å². The molecule has 4 nitrogen and oxygen atoms in total. The molecule has 0 radical (unpaired) electrons. The van der Waals surface area contributed by atoms with E-state index in [0.717, 1.165) is 12.0 Å². The Labute approximate surface area is 109 Å². The minimum Gasteiger partial charge on any atom is -0.382 e. The zero-order chi connectivity index (χ0) is 13.6. The molecular weight excluding hydrogens is 252 g/mol. The molecule has 1 unspecified atom stereocenters. The maximum absolute atomic E-state index is 11.8. The highest BCUT2D eigenvalue weighted by atomic mass is 32.2. The minimum absolute atomic E-state index is 0.121. The highest BCUT2D eigenvalue weighted by molar-refractivity contribution is 7.86. The lowest BCUT2D eigenvalue weighted by atomic mass is 10.2. The summed E-state index contributed by atoms with van der Waals surface area (Å²) < 4.78 is 33.7. The Hall–Kier alpha value is -0.910. The number of aryl methyl sites for hydroxylation is 1. The van der Waals surface area contributed by atoms with Crippen LogP contribution in [0.1, 0.15) is 25.3 Å². The van der Waals surface area contributed by atoms with E-state index in [4.69, 9.17) is 8.92 Å². The van der Waals surface area contributed by atoms with E-state index in [2.05, 4.69) is 0 Å². The Morgan fingerprint density at radius 2 is 1.83 bits per heavy atom. The molecule has 0 aliphatic heterocycles. The van der Waals surface area contributed by atoms with E-state index < -0.39 is 10.1 Å². The third-order valence-electron chi connectivity index (χ3n) is 2.71. The van der Waals surface area contributed by atoms with Crippen molar-refractivity contribution in [3.8, 4) is 0 Å². The Morgan fingerprint density at radius 3 is 2.39 bits per heavy atom. The van der Waals surface area contributed by atoms with Gasteiger partial charge in [0.05, 0.1) is 17.6 Å². The molecular formula is C13H20O4S. The SMILES string of the molecule is COC(C)CCCOS(=O)(=O)c1ccc(C)cc1. The molecule has 1 rings (SSSR count). The van der Waals surface area contributed by atoms with Crippen molar-refractivity contribution in [3.63, 3.8) is 0 Å². The van der Waals surface area contributed by atoms with Gasteiger partial charge in [0.1, 0.15) is 0 Å². The monoisotopic (exact) mass is 272 g/mol. The second-order valence-electron chi connectivity index (χ2n) is 4.28. The molecule has 0 aliphatic rings. The number of benzene rings is 1. The summed E-state index contributed by atoms with van der Waals surface area (Å²) in [6.07, 6.45) is 1.55. The zero-order valence-corrected chi connectivity index (χ0v) is 11.9. The van der Waals surface area contributed by atoms with Gasteiger partial charge in [0, 0.05) is 7.11 Å². The van der Waals surface area contributed by atoms with Gasteiger partial charge in [0.25, 0.3) is 10.1 Å². The summed E-state index contributed by atoms with van der Waals surface area (Å²) in [5.41, 5.74) is 1.02. The molecule has 0 bridgehead atoms. The van der Waals surface area contributed by atoms with Gasteiger partial charge >= 0.3 is 0 Å². The van der Waals surface area contributed by atoms with Crippen LogP contribution in [0.3, 0.4) is 0 Å². The fraction of sp³-hybridized carbons (Fsp3) is 0.538. The summed E-state index contributed by atoms with van der Waals surface area (Å²) in [6, 6.07) is 6.62. The first kappa shape index (κ1) is 15.1. The summed E-state index contributed by atoms with van der Waals surface area (Å²) in [4.78, 5) is 0.202. The molecule has 1 aromatic rings. The number of ether oxygens (including phenoxy) is 1. The van der Waals surface area contributed by atoms with Crippen LogP contribution in [0.5, 0.6) is 0 Å². The van der Waals surface area contributed by atoms with Crippen molar-refractivity contribution in [2.24, 2.45) is 0 Å². The van der Waals surface area contributed by atoms with Crippen LogP contribution in [0.25, 0.3) is 0 Å². The lowest BCUT2D eigenvalue weighted by molar-refractivity contribution is 0.104. The van der Waals surface area contributed by atoms with Crippen molar-refractivity contribution in [3.05, 3.63) is 29.8 Å². The van der Waals surface area contributed by atoms with Gasteiger partial charge in [-0.1, -0.05) is 17.7 Å². The molecule has 1 atom stereocenters. The zero-order valence-electron chi connectivity index (χ0n) is 11.0. The van der Waals surface area contributed by atoms with E-state index in [1.54, 1.807) is 31.4 Å². The van der Waals surface area contributed by atoms with Crippen LogP contribution in [-0.2, 0) is 19.0 Å². The highest BCUT2D eigenvalue weighted by Crippen LogP contribution is 2.14. The molecule has 0 aliphatic carbocycles. The number of methoxy groups -OCH3 is 1. The predicted molar refractivity (Wildman–Crippen MR) is 70.0 cm³/mol. The Bertz CT molecular complexity index is 450. The summed E-state index contributed by atoms with van der Waals surface area (Å²) in [7, 11) is -1.99. The van der Waals surface area contributed by atoms with E-state index in [1.165, 1.54) is 0 Å². The third-order valence-corrected chi connectivity index (χ3v) is 4.03. The quantitative estimate of drug-likeness (QED) is 0.565. The van der Waals surface area contributed by atoms with Gasteiger partial charge in [0.15, 0.2) is 0 Å². The summed E-state index contributed by atoms with van der Waals surface area (Å²) in [5.74, 6) is 0. The lowest BCUT2D eigenvalue weighted by Gasteiger charge is -2.09. The van der Waals surface area contributed by atoms with Crippen molar-refractivity contribution in [2.75, 3.05) is 13.7 Å². The Morgan fingerprint density at radius 1 is 1.22 bits per heavy atom. The van der Waals surface area contributed by atoms with Crippen LogP contribution < -0.4 is 0 Å². The van der Waals surface area contributed by atoms with Crippen LogP contribution in [-0.4, -0.2) is 28.2 Å². The van der Waals surface area contributed by atoms with Crippen molar-refractivity contribution in [2.45, 2.75) is 37.7 Å². The van der Waals surface area contributed by atoms with Crippen molar-refractivity contribution >= 4 is 10.1 Å². The standard InChI is InChI=1S/C13H20O4S/c1-11-6-8-13(9-7-11)18(14,15)17-10-4-5-12(2)16-3/h6-9,12H,4-5,10H2,1-3H3. The highest BCUT2D eigenvalue weighted by Gasteiger charge is 2.14. The second-order valence-corrected chi connectivity index (χ2v) is 5.89. The fourth-order valence-corrected chi connectivity index (χ4v) is 2.37. The van der Waals surface area contributed by atoms with Gasteiger partial charge in [-0.15, -0.1) is 0 Å². The molecule has 5 heteroatoms. The molecule has 18 heavy (non-hydrogen) atoms. The largest absolute Gasteiger partial charge is 0.382 e. The van der Waals surface area contributed by atoms with E-state index in [-0.39, 0.29) is 17.6 Å². The van der Waals surface area contributed by atoms with Gasteiger partial charge in [-0.2, -0.15) is 8.42 Å². The van der Waals surface area contributed by atoms with E-state index >= 15 is 0 Å². The molecule has 0 saturated carbocycles. The van der Waals surface area contributed by atoms with Crippen LogP contribution >= 0.6 is 0 Å². The number of rotatable bonds is 7. The molecule has 0 aromatic heterocycles. The van der Waals surface area contributed by atoms with E-state index in [9.17, 15) is 8.42 Å². The minimum atomic E-state index is -3.62. The molecule has 0 amide bonds. The van der Waals surface area contributed by atoms with Crippen LogP contribution in [0.15, 0.2) is 29.2 Å². The van der Waals surface area contributed by atoms with Crippen LogP contribution in [0, 0.1) is 6.92 Å². The molecule has 0 fully saturated rings. The van der Waals surface area contributed by atoms with Crippen LogP contribution in [0.4, 0.5) is 0 Å². The summed E-state index contributed by atoms with van der Waals surface area (Å²) >= 11 is 0. The Kier molecular flexibility index (Phi) is 5.78.